The van der Waals surface area contributed by atoms with Crippen LogP contribution in [0.25, 0.3) is 11.8 Å². The SMILES string of the molecule is CCCCc1ccc(-n2c(C)cc(C=C3C(=O)NC(=S)NC3=O)c2C)cc1. The molecule has 27 heavy (non-hydrogen) atoms. The molecular weight excluding hydrogens is 358 g/mol. The molecule has 1 aliphatic heterocycles. The van der Waals surface area contributed by atoms with Crippen molar-refractivity contribution in [3.05, 3.63) is 58.4 Å². The van der Waals surface area contributed by atoms with Crippen LogP contribution < -0.4 is 10.6 Å². The predicted octanol–water partition coefficient (Wildman–Crippen LogP) is 3.35. The number of benzene rings is 1. The molecule has 2 aromatic rings. The summed E-state index contributed by atoms with van der Waals surface area (Å²) < 4.78 is 2.12. The lowest BCUT2D eigenvalue weighted by atomic mass is 10.1. The highest BCUT2D eigenvalue weighted by molar-refractivity contribution is 7.80. The van der Waals surface area contributed by atoms with E-state index in [9.17, 15) is 9.59 Å². The zero-order valence-corrected chi connectivity index (χ0v) is 16.6. The molecule has 0 spiro atoms. The van der Waals surface area contributed by atoms with Crippen molar-refractivity contribution in [3.8, 4) is 5.69 Å². The number of aryl methyl sites for hydroxylation is 2. The summed E-state index contributed by atoms with van der Waals surface area (Å²) in [5.74, 6) is -0.956. The van der Waals surface area contributed by atoms with Gasteiger partial charge in [0.2, 0.25) is 0 Å². The van der Waals surface area contributed by atoms with Gasteiger partial charge >= 0.3 is 0 Å². The minimum Gasteiger partial charge on any atom is -0.318 e. The van der Waals surface area contributed by atoms with E-state index >= 15 is 0 Å². The van der Waals surface area contributed by atoms with Gasteiger partial charge in [-0.2, -0.15) is 0 Å². The molecule has 1 saturated heterocycles. The summed E-state index contributed by atoms with van der Waals surface area (Å²) in [5, 5.41) is 4.96. The smallest absolute Gasteiger partial charge is 0.263 e. The largest absolute Gasteiger partial charge is 0.318 e. The van der Waals surface area contributed by atoms with Crippen LogP contribution in [0.5, 0.6) is 0 Å². The van der Waals surface area contributed by atoms with Gasteiger partial charge in [-0.3, -0.25) is 20.2 Å². The molecule has 2 N–H and O–H groups in total. The standard InChI is InChI=1S/C21H23N3O2S/c1-4-5-6-15-7-9-17(10-8-15)24-13(2)11-16(14(24)3)12-18-19(25)22-21(27)23-20(18)26/h7-12H,4-6H2,1-3H3,(H2,22,23,25,26,27). The third-order valence-electron chi connectivity index (χ3n) is 4.73. The van der Waals surface area contributed by atoms with E-state index in [0.29, 0.717) is 0 Å². The Bertz CT molecular complexity index is 917. The van der Waals surface area contributed by atoms with E-state index in [4.69, 9.17) is 12.2 Å². The molecule has 2 heterocycles. The van der Waals surface area contributed by atoms with E-state index in [2.05, 4.69) is 46.4 Å². The summed E-state index contributed by atoms with van der Waals surface area (Å²) in [4.78, 5) is 24.2. The third kappa shape index (κ3) is 4.01. The van der Waals surface area contributed by atoms with Crippen molar-refractivity contribution in [1.29, 1.82) is 0 Å². The fourth-order valence-corrected chi connectivity index (χ4v) is 3.47. The maximum Gasteiger partial charge on any atom is 0.263 e. The van der Waals surface area contributed by atoms with Crippen LogP contribution in [0.2, 0.25) is 0 Å². The van der Waals surface area contributed by atoms with Crippen molar-refractivity contribution in [1.82, 2.24) is 15.2 Å². The molecule has 0 saturated carbocycles. The molecule has 1 fully saturated rings. The molecule has 6 heteroatoms. The Morgan fingerprint density at radius 1 is 1.07 bits per heavy atom. The van der Waals surface area contributed by atoms with Crippen LogP contribution >= 0.6 is 12.2 Å². The Kier molecular flexibility index (Phi) is 5.56. The van der Waals surface area contributed by atoms with Crippen LogP contribution in [-0.2, 0) is 16.0 Å². The normalized spacial score (nSPS) is 14.2. The fourth-order valence-electron chi connectivity index (χ4n) is 3.29. The molecular formula is C21H23N3O2S. The van der Waals surface area contributed by atoms with Crippen molar-refractivity contribution in [2.24, 2.45) is 0 Å². The first-order valence-corrected chi connectivity index (χ1v) is 9.48. The molecule has 1 aromatic heterocycles. The monoisotopic (exact) mass is 381 g/mol. The van der Waals surface area contributed by atoms with Gasteiger partial charge in [-0.15, -0.1) is 0 Å². The molecule has 140 valence electrons. The number of aromatic nitrogens is 1. The second kappa shape index (κ2) is 7.88. The highest BCUT2D eigenvalue weighted by atomic mass is 32.1. The molecule has 3 rings (SSSR count). The highest BCUT2D eigenvalue weighted by Crippen LogP contribution is 2.24. The number of rotatable bonds is 5. The molecule has 2 amide bonds. The molecule has 1 aliphatic rings. The molecule has 0 radical (unpaired) electrons. The summed E-state index contributed by atoms with van der Waals surface area (Å²) in [6, 6.07) is 10.5. The van der Waals surface area contributed by atoms with Crippen molar-refractivity contribution in [2.75, 3.05) is 0 Å². The van der Waals surface area contributed by atoms with Crippen molar-refractivity contribution >= 4 is 35.2 Å². The van der Waals surface area contributed by atoms with E-state index in [0.717, 1.165) is 29.1 Å². The molecule has 0 unspecified atom stereocenters. The fraction of sp³-hybridized carbons (Fsp3) is 0.286. The van der Waals surface area contributed by atoms with Crippen LogP contribution in [-0.4, -0.2) is 21.5 Å². The minimum atomic E-state index is -0.478. The lowest BCUT2D eigenvalue weighted by Gasteiger charge is -2.16. The third-order valence-corrected chi connectivity index (χ3v) is 4.93. The van der Waals surface area contributed by atoms with E-state index in [-0.39, 0.29) is 10.7 Å². The van der Waals surface area contributed by atoms with Gasteiger partial charge in [0, 0.05) is 17.1 Å². The van der Waals surface area contributed by atoms with Gasteiger partial charge in [-0.05, 0) is 74.3 Å². The first kappa shape index (κ1) is 19.0. The van der Waals surface area contributed by atoms with Crippen molar-refractivity contribution < 1.29 is 9.59 Å². The zero-order valence-electron chi connectivity index (χ0n) is 15.8. The second-order valence-corrected chi connectivity index (χ2v) is 7.14. The molecule has 0 aliphatic carbocycles. The van der Waals surface area contributed by atoms with E-state index in [1.54, 1.807) is 6.08 Å². The van der Waals surface area contributed by atoms with Gasteiger partial charge in [0.1, 0.15) is 5.57 Å². The number of thiocarbonyl (C=S) groups is 1. The molecule has 0 bridgehead atoms. The topological polar surface area (TPSA) is 63.1 Å². The van der Waals surface area contributed by atoms with Gasteiger partial charge in [0.25, 0.3) is 11.8 Å². The summed E-state index contributed by atoms with van der Waals surface area (Å²) in [5.41, 5.74) is 5.28. The number of unbranched alkanes of at least 4 members (excludes halogenated alkanes) is 1. The Hall–Kier alpha value is -2.73. The Labute approximate surface area is 164 Å². The maximum atomic E-state index is 12.1. The van der Waals surface area contributed by atoms with Crippen molar-refractivity contribution in [2.45, 2.75) is 40.0 Å². The van der Waals surface area contributed by atoms with Gasteiger partial charge in [0.15, 0.2) is 5.11 Å². The van der Waals surface area contributed by atoms with Gasteiger partial charge in [0.05, 0.1) is 0 Å². The van der Waals surface area contributed by atoms with Gasteiger partial charge in [-0.1, -0.05) is 25.5 Å². The van der Waals surface area contributed by atoms with Crippen LogP contribution in [0.15, 0.2) is 35.9 Å². The minimum absolute atomic E-state index is 0.0378. The number of amides is 2. The Morgan fingerprint density at radius 2 is 1.70 bits per heavy atom. The van der Waals surface area contributed by atoms with Gasteiger partial charge < -0.3 is 4.57 Å². The number of nitrogens with zero attached hydrogens (tertiary/aromatic N) is 1. The maximum absolute atomic E-state index is 12.1. The Balaban J connectivity index is 1.93. The lowest BCUT2D eigenvalue weighted by Crippen LogP contribution is -2.51. The summed E-state index contributed by atoms with van der Waals surface area (Å²) in [6.07, 6.45) is 5.07. The van der Waals surface area contributed by atoms with Crippen molar-refractivity contribution in [3.63, 3.8) is 0 Å². The summed E-state index contributed by atoms with van der Waals surface area (Å²) >= 11 is 4.83. The van der Waals surface area contributed by atoms with Crippen LogP contribution in [0.1, 0.15) is 42.3 Å². The second-order valence-electron chi connectivity index (χ2n) is 6.73. The molecule has 1 aromatic carbocycles. The first-order chi connectivity index (χ1) is 12.9. The number of carbonyl (C=O) groups excluding carboxylic acids is 2. The van der Waals surface area contributed by atoms with Gasteiger partial charge in [-0.25, -0.2) is 0 Å². The van der Waals surface area contributed by atoms with Crippen LogP contribution in [0.4, 0.5) is 0 Å². The number of hydrogen-bond acceptors (Lipinski definition) is 3. The quantitative estimate of drug-likeness (QED) is 0.474. The number of carbonyl (C=O) groups is 2. The predicted molar refractivity (Wildman–Crippen MR) is 111 cm³/mol. The summed E-state index contributed by atoms with van der Waals surface area (Å²) in [6.45, 7) is 6.18. The first-order valence-electron chi connectivity index (χ1n) is 9.07. The van der Waals surface area contributed by atoms with E-state index in [1.807, 2.05) is 19.9 Å². The van der Waals surface area contributed by atoms with Crippen LogP contribution in [0.3, 0.4) is 0 Å². The number of nitrogens with one attached hydrogen (secondary N) is 2. The summed E-state index contributed by atoms with van der Waals surface area (Å²) in [7, 11) is 0. The average Bonchev–Trinajstić information content (AvgIpc) is 2.90. The molecule has 0 atom stereocenters. The lowest BCUT2D eigenvalue weighted by molar-refractivity contribution is -0.123. The number of hydrogen-bond donors (Lipinski definition) is 2. The average molecular weight is 382 g/mol. The Morgan fingerprint density at radius 3 is 2.30 bits per heavy atom. The highest BCUT2D eigenvalue weighted by Gasteiger charge is 2.26. The zero-order chi connectivity index (χ0) is 19.6. The van der Waals surface area contributed by atoms with E-state index < -0.39 is 11.8 Å². The van der Waals surface area contributed by atoms with E-state index in [1.165, 1.54) is 18.4 Å². The van der Waals surface area contributed by atoms with Crippen LogP contribution in [0, 0.1) is 13.8 Å². The molecule has 5 nitrogen and oxygen atoms in total.